The van der Waals surface area contributed by atoms with Gasteiger partial charge in [-0.3, -0.25) is 9.59 Å². The van der Waals surface area contributed by atoms with E-state index in [-0.39, 0.29) is 24.9 Å². The average molecular weight is 385 g/mol. The molecule has 0 aliphatic carbocycles. The smallest absolute Gasteiger partial charge is 0.279 e. The van der Waals surface area contributed by atoms with Crippen molar-refractivity contribution in [3.63, 3.8) is 0 Å². The monoisotopic (exact) mass is 384 g/mol. The summed E-state index contributed by atoms with van der Waals surface area (Å²) in [5.74, 6) is 0.533. The lowest BCUT2D eigenvalue weighted by Crippen LogP contribution is -3.11. The summed E-state index contributed by atoms with van der Waals surface area (Å²) in [6.45, 7) is 6.14. The molecule has 5 nitrogen and oxygen atoms in total. The second kappa shape index (κ2) is 10.5. The third-order valence-electron chi connectivity index (χ3n) is 3.78. The van der Waals surface area contributed by atoms with Gasteiger partial charge in [0.25, 0.3) is 11.8 Å². The number of carbonyl (C=O) groups is 2. The van der Waals surface area contributed by atoms with E-state index >= 15 is 0 Å². The largest absolute Gasteiger partial charge is 0.322 e. The first kappa shape index (κ1) is 20.7. The van der Waals surface area contributed by atoms with Crippen molar-refractivity contribution in [2.45, 2.75) is 11.8 Å². The van der Waals surface area contributed by atoms with Crippen molar-refractivity contribution in [2.24, 2.45) is 0 Å². The van der Waals surface area contributed by atoms with Gasteiger partial charge < -0.3 is 15.5 Å². The molecule has 0 fully saturated rings. The van der Waals surface area contributed by atoms with Gasteiger partial charge in [-0.1, -0.05) is 35.9 Å². The van der Waals surface area contributed by atoms with E-state index in [1.807, 2.05) is 68.6 Å². The number of benzene rings is 2. The number of thioether (sulfide) groups is 1. The molecular formula is C21H26N3O2S+. The Morgan fingerprint density at radius 1 is 1.04 bits per heavy atom. The Bertz CT molecular complexity index is 790. The molecule has 3 N–H and O–H groups in total. The Hall–Kier alpha value is -2.57. The van der Waals surface area contributed by atoms with Crippen LogP contribution in [-0.4, -0.2) is 37.7 Å². The first-order valence-electron chi connectivity index (χ1n) is 8.78. The highest BCUT2D eigenvalue weighted by Crippen LogP contribution is 2.26. The van der Waals surface area contributed by atoms with Crippen molar-refractivity contribution in [1.29, 1.82) is 0 Å². The van der Waals surface area contributed by atoms with Crippen LogP contribution in [0.1, 0.15) is 5.56 Å². The zero-order valence-electron chi connectivity index (χ0n) is 15.7. The van der Waals surface area contributed by atoms with Gasteiger partial charge in [-0.25, -0.2) is 0 Å². The lowest BCUT2D eigenvalue weighted by atomic mass is 10.2. The highest BCUT2D eigenvalue weighted by Gasteiger charge is 2.15. The van der Waals surface area contributed by atoms with Crippen LogP contribution in [-0.2, 0) is 9.59 Å². The van der Waals surface area contributed by atoms with E-state index in [0.29, 0.717) is 0 Å². The van der Waals surface area contributed by atoms with Crippen LogP contribution in [0.15, 0.2) is 66.1 Å². The number of anilines is 2. The summed E-state index contributed by atoms with van der Waals surface area (Å²) in [6, 6.07) is 15.3. The Morgan fingerprint density at radius 3 is 2.33 bits per heavy atom. The van der Waals surface area contributed by atoms with Gasteiger partial charge >= 0.3 is 0 Å². The molecule has 0 saturated carbocycles. The molecule has 0 saturated heterocycles. The van der Waals surface area contributed by atoms with Gasteiger partial charge in [-0.05, 0) is 31.2 Å². The minimum Gasteiger partial charge on any atom is -0.322 e. The third kappa shape index (κ3) is 7.29. The highest BCUT2D eigenvalue weighted by molar-refractivity contribution is 7.99. The van der Waals surface area contributed by atoms with Crippen molar-refractivity contribution in [3.8, 4) is 0 Å². The molecule has 0 aromatic heterocycles. The van der Waals surface area contributed by atoms with E-state index in [1.165, 1.54) is 0 Å². The van der Waals surface area contributed by atoms with Gasteiger partial charge in [-0.2, -0.15) is 0 Å². The van der Waals surface area contributed by atoms with E-state index in [9.17, 15) is 9.59 Å². The van der Waals surface area contributed by atoms with Gasteiger partial charge in [0.05, 0.1) is 12.7 Å². The molecule has 0 aliphatic rings. The van der Waals surface area contributed by atoms with Crippen LogP contribution >= 0.6 is 11.8 Å². The van der Waals surface area contributed by atoms with Gasteiger partial charge in [-0.15, -0.1) is 18.3 Å². The maximum atomic E-state index is 12.3. The van der Waals surface area contributed by atoms with Crippen LogP contribution in [0.4, 0.5) is 11.4 Å². The minimum atomic E-state index is -0.123. The first-order chi connectivity index (χ1) is 13.0. The number of rotatable bonds is 9. The first-order valence-corrected chi connectivity index (χ1v) is 9.77. The number of hydrogen-bond donors (Lipinski definition) is 3. The van der Waals surface area contributed by atoms with Crippen LogP contribution in [0.5, 0.6) is 0 Å². The fourth-order valence-electron chi connectivity index (χ4n) is 2.49. The molecule has 1 atom stereocenters. The molecule has 0 aliphatic heterocycles. The molecule has 2 amide bonds. The van der Waals surface area contributed by atoms with Crippen molar-refractivity contribution in [3.05, 3.63) is 66.7 Å². The van der Waals surface area contributed by atoms with Gasteiger partial charge in [0.2, 0.25) is 0 Å². The van der Waals surface area contributed by atoms with Crippen LogP contribution < -0.4 is 15.5 Å². The van der Waals surface area contributed by atoms with Crippen LogP contribution in [0.25, 0.3) is 0 Å². The van der Waals surface area contributed by atoms with Crippen LogP contribution in [0, 0.1) is 6.92 Å². The SMILES string of the molecule is C=CCSc1ccccc1NC(=O)C[NH+](C)CC(=O)Nc1ccc(C)cc1. The fourth-order valence-corrected chi connectivity index (χ4v) is 3.24. The number of carbonyl (C=O) groups excluding carboxylic acids is 2. The normalized spacial score (nSPS) is 11.5. The molecular weight excluding hydrogens is 358 g/mol. The van der Waals surface area contributed by atoms with E-state index in [0.717, 1.165) is 32.5 Å². The van der Waals surface area contributed by atoms with Crippen molar-refractivity contribution in [2.75, 3.05) is 36.5 Å². The van der Waals surface area contributed by atoms with Crippen molar-refractivity contribution in [1.82, 2.24) is 0 Å². The van der Waals surface area contributed by atoms with E-state index < -0.39 is 0 Å². The summed E-state index contributed by atoms with van der Waals surface area (Å²) in [6.07, 6.45) is 1.83. The predicted molar refractivity (Wildman–Crippen MR) is 112 cm³/mol. The fraction of sp³-hybridized carbons (Fsp3) is 0.238. The number of likely N-dealkylation sites (N-methyl/N-ethyl adjacent to an activating group) is 1. The molecule has 2 rings (SSSR count). The van der Waals surface area contributed by atoms with Gasteiger partial charge in [0.15, 0.2) is 13.1 Å². The number of aryl methyl sites for hydroxylation is 1. The maximum absolute atomic E-state index is 12.3. The standard InChI is InChI=1S/C21H25N3O2S/c1-4-13-27-19-8-6-5-7-18(19)23-21(26)15-24(3)14-20(25)22-17-11-9-16(2)10-12-17/h4-12H,1,13-15H2,2-3H3,(H,22,25)(H,23,26)/p+1. The van der Waals surface area contributed by atoms with Crippen molar-refractivity contribution >= 4 is 35.0 Å². The number of amides is 2. The maximum Gasteiger partial charge on any atom is 0.279 e. The molecule has 2 aromatic rings. The topological polar surface area (TPSA) is 62.6 Å². The number of hydrogen-bond acceptors (Lipinski definition) is 3. The molecule has 27 heavy (non-hydrogen) atoms. The molecule has 6 heteroatoms. The lowest BCUT2D eigenvalue weighted by Gasteiger charge is -2.15. The molecule has 2 aromatic carbocycles. The Kier molecular flexibility index (Phi) is 8.10. The lowest BCUT2D eigenvalue weighted by molar-refractivity contribution is -0.862. The second-order valence-electron chi connectivity index (χ2n) is 6.37. The summed E-state index contributed by atoms with van der Waals surface area (Å²) in [4.78, 5) is 26.3. The summed E-state index contributed by atoms with van der Waals surface area (Å²) < 4.78 is 0. The van der Waals surface area contributed by atoms with Gasteiger partial charge in [0.1, 0.15) is 0 Å². The zero-order chi connectivity index (χ0) is 19.6. The van der Waals surface area contributed by atoms with Crippen molar-refractivity contribution < 1.29 is 14.5 Å². The number of nitrogens with one attached hydrogen (secondary N) is 3. The molecule has 0 heterocycles. The zero-order valence-corrected chi connectivity index (χ0v) is 16.6. The summed E-state index contributed by atoms with van der Waals surface area (Å²) >= 11 is 1.62. The minimum absolute atomic E-state index is 0.119. The average Bonchev–Trinajstić information content (AvgIpc) is 2.62. The summed E-state index contributed by atoms with van der Waals surface area (Å²) in [5.41, 5.74) is 2.68. The van der Waals surface area contributed by atoms with Crippen LogP contribution in [0.2, 0.25) is 0 Å². The molecule has 0 bridgehead atoms. The van der Waals surface area contributed by atoms with Gasteiger partial charge in [0, 0.05) is 16.3 Å². The Morgan fingerprint density at radius 2 is 1.67 bits per heavy atom. The molecule has 0 radical (unpaired) electrons. The van der Waals surface area contributed by atoms with E-state index in [2.05, 4.69) is 17.2 Å². The molecule has 1 unspecified atom stereocenters. The Labute approximate surface area is 164 Å². The predicted octanol–water partition coefficient (Wildman–Crippen LogP) is 2.37. The van der Waals surface area contributed by atoms with Crippen LogP contribution in [0.3, 0.4) is 0 Å². The number of quaternary nitrogens is 1. The molecule has 142 valence electrons. The summed E-state index contributed by atoms with van der Waals surface area (Å²) in [7, 11) is 1.83. The quantitative estimate of drug-likeness (QED) is 0.459. The Balaban J connectivity index is 1.83. The summed E-state index contributed by atoms with van der Waals surface area (Å²) in [5, 5.41) is 5.78. The third-order valence-corrected chi connectivity index (χ3v) is 4.85. The van der Waals surface area contributed by atoms with E-state index in [4.69, 9.17) is 0 Å². The second-order valence-corrected chi connectivity index (χ2v) is 7.43. The number of para-hydroxylation sites is 1. The van der Waals surface area contributed by atoms with E-state index in [1.54, 1.807) is 11.8 Å². The highest BCUT2D eigenvalue weighted by atomic mass is 32.2. The molecule has 0 spiro atoms.